The van der Waals surface area contributed by atoms with Crippen LogP contribution in [0.25, 0.3) is 0 Å². The number of carbonyl (C=O) groups excluding carboxylic acids is 2. The van der Waals surface area contributed by atoms with Gasteiger partial charge in [0.05, 0.1) is 34.4 Å². The molecule has 2 atom stereocenters. The minimum absolute atomic E-state index is 0.0299. The van der Waals surface area contributed by atoms with E-state index in [4.69, 9.17) is 14.2 Å². The van der Waals surface area contributed by atoms with E-state index in [1.165, 1.54) is 44.9 Å². The zero-order valence-electron chi connectivity index (χ0n) is 34.6. The highest BCUT2D eigenvalue weighted by Crippen LogP contribution is 2.13. The molecule has 8 nitrogen and oxygen atoms in total. The average Bonchev–Trinajstić information content (AvgIpc) is 3.12. The summed E-state index contributed by atoms with van der Waals surface area (Å²) in [5.41, 5.74) is 0. The highest BCUT2D eigenvalue weighted by atomic mass is 16.6. The molecule has 0 aromatic rings. The SMILES string of the molecule is CC/C=C/C=C/C=C/C=C/C=C/CCCC(=O)OCC(COCCC(C(=O)O)[N+](C)(C)C)OC(=O)CCCCCCCCC/C=C/C/C=C/CCCCC. The molecule has 1 N–H and O–H groups in total. The number of quaternary nitrogens is 1. The Labute approximate surface area is 329 Å². The number of hydrogen-bond acceptors (Lipinski definition) is 6. The van der Waals surface area contributed by atoms with E-state index in [0.29, 0.717) is 19.3 Å². The lowest BCUT2D eigenvalue weighted by atomic mass is 10.1. The standard InChI is InChI=1S/C46H75NO7/c1-6-8-10-12-14-16-18-20-21-22-23-25-27-29-31-33-35-37-45(49)54-42(40-52-39-38-43(46(50)51)47(3,4)5)41-53-44(48)36-34-32-30-28-26-24-19-17-15-13-11-9-7-2/h9,11,13-17,19-21,24,26,28,30,42-43H,6-8,10,12,18,22-23,25,27,29,31-41H2,1-5H3/p+1/b11-9+,15-13+,16-14+,19-17+,21-20+,26-24+,30-28+. The number of allylic oxidation sites excluding steroid dienone is 14. The average molecular weight is 755 g/mol. The van der Waals surface area contributed by atoms with Crippen molar-refractivity contribution in [1.82, 2.24) is 0 Å². The molecule has 2 unspecified atom stereocenters. The second kappa shape index (κ2) is 36.5. The molecule has 0 aliphatic rings. The summed E-state index contributed by atoms with van der Waals surface area (Å²) in [7, 11) is 5.49. The largest absolute Gasteiger partial charge is 0.477 e. The van der Waals surface area contributed by atoms with Gasteiger partial charge in [0.1, 0.15) is 6.61 Å². The van der Waals surface area contributed by atoms with Crippen LogP contribution in [0, 0.1) is 0 Å². The van der Waals surface area contributed by atoms with Crippen LogP contribution in [0.1, 0.15) is 136 Å². The smallest absolute Gasteiger partial charge is 0.362 e. The topological polar surface area (TPSA) is 99.1 Å². The zero-order valence-corrected chi connectivity index (χ0v) is 34.6. The Morgan fingerprint density at radius 1 is 0.593 bits per heavy atom. The molecule has 0 aliphatic heterocycles. The lowest BCUT2D eigenvalue weighted by Gasteiger charge is -2.31. The lowest BCUT2D eigenvalue weighted by molar-refractivity contribution is -0.887. The van der Waals surface area contributed by atoms with Gasteiger partial charge in [0.15, 0.2) is 12.1 Å². The molecule has 0 fully saturated rings. The second-order valence-corrected chi connectivity index (χ2v) is 14.6. The van der Waals surface area contributed by atoms with Gasteiger partial charge in [-0.15, -0.1) is 0 Å². The molecule has 54 heavy (non-hydrogen) atoms. The van der Waals surface area contributed by atoms with E-state index in [-0.39, 0.29) is 42.7 Å². The van der Waals surface area contributed by atoms with Gasteiger partial charge in [0, 0.05) is 19.3 Å². The molecule has 0 saturated heterocycles. The van der Waals surface area contributed by atoms with Gasteiger partial charge < -0.3 is 23.8 Å². The number of esters is 2. The molecule has 0 heterocycles. The van der Waals surface area contributed by atoms with Gasteiger partial charge in [-0.3, -0.25) is 9.59 Å². The number of nitrogens with zero attached hydrogens (tertiary/aromatic N) is 1. The van der Waals surface area contributed by atoms with Crippen molar-refractivity contribution in [3.8, 4) is 0 Å². The second-order valence-electron chi connectivity index (χ2n) is 14.6. The monoisotopic (exact) mass is 755 g/mol. The number of hydrogen-bond donors (Lipinski definition) is 1. The third-order valence-electron chi connectivity index (χ3n) is 8.66. The molecule has 0 radical (unpaired) electrons. The minimum atomic E-state index is -0.890. The number of carbonyl (C=O) groups is 3. The van der Waals surface area contributed by atoms with Crippen LogP contribution < -0.4 is 0 Å². The summed E-state index contributed by atoms with van der Waals surface area (Å²) in [5.74, 6) is -1.59. The fraction of sp³-hybridized carbons (Fsp3) is 0.630. The van der Waals surface area contributed by atoms with Gasteiger partial charge in [-0.25, -0.2) is 4.79 Å². The van der Waals surface area contributed by atoms with Crippen LogP contribution in [-0.2, 0) is 28.6 Å². The van der Waals surface area contributed by atoms with Gasteiger partial charge in [-0.1, -0.05) is 144 Å². The van der Waals surface area contributed by atoms with E-state index in [0.717, 1.165) is 51.4 Å². The molecule has 0 saturated carbocycles. The third kappa shape index (κ3) is 34.3. The van der Waals surface area contributed by atoms with Crippen LogP contribution in [0.2, 0.25) is 0 Å². The van der Waals surface area contributed by atoms with Gasteiger partial charge >= 0.3 is 17.9 Å². The minimum Gasteiger partial charge on any atom is -0.477 e. The maximum atomic E-state index is 12.7. The predicted molar refractivity (Wildman–Crippen MR) is 224 cm³/mol. The summed E-state index contributed by atoms with van der Waals surface area (Å²) in [4.78, 5) is 36.9. The van der Waals surface area contributed by atoms with Crippen molar-refractivity contribution in [2.45, 2.75) is 148 Å². The summed E-state index contributed by atoms with van der Waals surface area (Å²) in [6, 6.07) is -0.630. The number of unbranched alkanes of at least 4 members (excludes halogenated alkanes) is 11. The van der Waals surface area contributed by atoms with Gasteiger partial charge in [-0.2, -0.15) is 0 Å². The first kappa shape index (κ1) is 50.5. The van der Waals surface area contributed by atoms with Crippen LogP contribution in [0.3, 0.4) is 0 Å². The van der Waals surface area contributed by atoms with Crippen molar-refractivity contribution in [1.29, 1.82) is 0 Å². The number of aliphatic carboxylic acids is 1. The van der Waals surface area contributed by atoms with Crippen molar-refractivity contribution in [2.24, 2.45) is 0 Å². The van der Waals surface area contributed by atoms with Crippen LogP contribution >= 0.6 is 0 Å². The highest BCUT2D eigenvalue weighted by Gasteiger charge is 2.31. The Hall–Kier alpha value is -3.49. The number of carboxylic acid groups (broad SMARTS) is 1. The molecule has 0 aromatic carbocycles. The van der Waals surface area contributed by atoms with Crippen LogP contribution in [0.15, 0.2) is 85.1 Å². The molecule has 0 amide bonds. The van der Waals surface area contributed by atoms with E-state index in [1.807, 2.05) is 75.8 Å². The first-order valence-electron chi connectivity index (χ1n) is 20.7. The number of ether oxygens (including phenoxy) is 3. The maximum Gasteiger partial charge on any atom is 0.362 e. The van der Waals surface area contributed by atoms with Gasteiger partial charge in [0.25, 0.3) is 0 Å². The Morgan fingerprint density at radius 3 is 1.72 bits per heavy atom. The Balaban J connectivity index is 4.51. The fourth-order valence-corrected chi connectivity index (χ4v) is 5.44. The molecule has 306 valence electrons. The van der Waals surface area contributed by atoms with E-state index in [1.54, 1.807) is 0 Å². The van der Waals surface area contributed by atoms with Crippen LogP contribution in [0.4, 0.5) is 0 Å². The normalized spacial score (nSPS) is 13.9. The third-order valence-corrected chi connectivity index (χ3v) is 8.66. The van der Waals surface area contributed by atoms with Crippen LogP contribution in [-0.4, -0.2) is 80.6 Å². The molecular weight excluding hydrogens is 679 g/mol. The molecule has 0 rings (SSSR count). The number of likely N-dealkylation sites (N-methyl/N-ethyl adjacent to an activating group) is 1. The van der Waals surface area contributed by atoms with E-state index in [2.05, 4.69) is 44.2 Å². The van der Waals surface area contributed by atoms with Crippen LogP contribution in [0.5, 0.6) is 0 Å². The quantitative estimate of drug-likeness (QED) is 0.0226. The van der Waals surface area contributed by atoms with Gasteiger partial charge in [0.2, 0.25) is 0 Å². The molecule has 0 aromatic heterocycles. The van der Waals surface area contributed by atoms with E-state index >= 15 is 0 Å². The number of carboxylic acids is 1. The molecule has 0 spiro atoms. The van der Waals surface area contributed by atoms with Crippen molar-refractivity contribution in [2.75, 3.05) is 41.0 Å². The Bertz CT molecular complexity index is 1160. The zero-order chi connectivity index (χ0) is 40.0. The highest BCUT2D eigenvalue weighted by molar-refractivity contribution is 5.72. The van der Waals surface area contributed by atoms with Crippen molar-refractivity contribution >= 4 is 17.9 Å². The number of rotatable bonds is 35. The maximum absolute atomic E-state index is 12.7. The van der Waals surface area contributed by atoms with Crippen molar-refractivity contribution in [3.63, 3.8) is 0 Å². The first-order chi connectivity index (χ1) is 26.1. The molecule has 0 bridgehead atoms. The summed E-state index contributed by atoms with van der Waals surface area (Å²) in [6.45, 7) is 4.45. The lowest BCUT2D eigenvalue weighted by Crippen LogP contribution is -2.50. The van der Waals surface area contributed by atoms with E-state index < -0.39 is 18.1 Å². The molecule has 0 aliphatic carbocycles. The summed E-state index contributed by atoms with van der Waals surface area (Å²) in [5, 5.41) is 9.60. The summed E-state index contributed by atoms with van der Waals surface area (Å²) in [6.07, 6.45) is 46.3. The fourth-order valence-electron chi connectivity index (χ4n) is 5.44. The molecule has 8 heteroatoms. The Kier molecular flexibility index (Phi) is 34.1. The van der Waals surface area contributed by atoms with Gasteiger partial charge in [-0.05, 0) is 57.8 Å². The summed E-state index contributed by atoms with van der Waals surface area (Å²) >= 11 is 0. The molecular formula is C46H76NO7+. The van der Waals surface area contributed by atoms with Crippen molar-refractivity contribution in [3.05, 3.63) is 85.1 Å². The predicted octanol–water partition coefficient (Wildman–Crippen LogP) is 11.0. The van der Waals surface area contributed by atoms with E-state index in [9.17, 15) is 19.5 Å². The first-order valence-corrected chi connectivity index (χ1v) is 20.7. The van der Waals surface area contributed by atoms with Crippen molar-refractivity contribution < 1.29 is 38.2 Å². The summed E-state index contributed by atoms with van der Waals surface area (Å²) < 4.78 is 17.1. The Morgan fingerprint density at radius 2 is 1.13 bits per heavy atom.